The summed E-state index contributed by atoms with van der Waals surface area (Å²) in [5.74, 6) is -0.291. The fourth-order valence-corrected chi connectivity index (χ4v) is 9.61. The maximum Gasteiger partial charge on any atom is 0.220 e. The van der Waals surface area contributed by atoms with E-state index < -0.39 is 124 Å². The van der Waals surface area contributed by atoms with Crippen LogP contribution in [-0.2, 0) is 33.2 Å². The zero-order valence-corrected chi connectivity index (χ0v) is 45.3. The van der Waals surface area contributed by atoms with E-state index in [-0.39, 0.29) is 18.9 Å². The smallest absolute Gasteiger partial charge is 0.220 e. The van der Waals surface area contributed by atoms with Crippen LogP contribution in [0.15, 0.2) is 36.5 Å². The molecule has 3 heterocycles. The van der Waals surface area contributed by atoms with Crippen LogP contribution < -0.4 is 5.32 Å². The van der Waals surface area contributed by atoms with Crippen molar-refractivity contribution in [2.75, 3.05) is 26.4 Å². The van der Waals surface area contributed by atoms with Gasteiger partial charge in [0.15, 0.2) is 18.9 Å². The lowest BCUT2D eigenvalue weighted by Crippen LogP contribution is -2.66. The third-order valence-electron chi connectivity index (χ3n) is 14.4. The predicted molar refractivity (Wildman–Crippen MR) is 282 cm³/mol. The van der Waals surface area contributed by atoms with Crippen LogP contribution >= 0.6 is 0 Å². The molecule has 0 radical (unpaired) electrons. The van der Waals surface area contributed by atoms with Gasteiger partial charge in [-0.25, -0.2) is 0 Å². The molecule has 3 fully saturated rings. The highest BCUT2D eigenvalue weighted by Gasteiger charge is 2.53. The summed E-state index contributed by atoms with van der Waals surface area (Å²) in [6, 6.07) is -0.987. The van der Waals surface area contributed by atoms with E-state index in [9.17, 15) is 61.0 Å². The van der Waals surface area contributed by atoms with Gasteiger partial charge in [0.25, 0.3) is 0 Å². The highest BCUT2D eigenvalue weighted by atomic mass is 16.8. The van der Waals surface area contributed by atoms with Crippen LogP contribution in [0, 0.1) is 0 Å². The first-order valence-corrected chi connectivity index (χ1v) is 28.7. The highest BCUT2D eigenvalue weighted by Crippen LogP contribution is 2.33. The van der Waals surface area contributed by atoms with Crippen molar-refractivity contribution in [2.45, 2.75) is 285 Å². The van der Waals surface area contributed by atoms with E-state index >= 15 is 0 Å². The molecule has 3 aliphatic heterocycles. The number of carbonyl (C=O) groups excluding carboxylic acids is 1. The zero-order chi connectivity index (χ0) is 54.8. The number of amides is 1. The van der Waals surface area contributed by atoms with E-state index in [2.05, 4.69) is 43.5 Å². The molecular formula is C56H101NO18. The molecule has 19 nitrogen and oxygen atoms in total. The minimum atomic E-state index is -1.98. The van der Waals surface area contributed by atoms with E-state index in [4.69, 9.17) is 28.4 Å². The van der Waals surface area contributed by atoms with Crippen molar-refractivity contribution in [3.8, 4) is 0 Å². The normalized spacial score (nSPS) is 31.5. The Bertz CT molecular complexity index is 1520. The standard InChI is InChI=1S/C56H101NO18/c1-3-5-7-9-11-13-15-16-17-18-19-20-21-22-24-26-28-30-32-34-44(62)57-39(40(61)33-31-29-27-25-23-14-12-10-8-6-4-2)38-70-54-50(68)47(65)52(42(36-59)72-54)75-56-51(69)48(66)53(43(37-60)73-56)74-55-49(67)46(64)45(63)41(35-58)71-55/h16-17,23,25,31,33,39-43,45-56,58-61,63-69H,3-15,18-22,24,26-30,32,34-38H2,1-2H3,(H,57,62)/b17-16-,25-23+,33-31+. The van der Waals surface area contributed by atoms with Crippen molar-refractivity contribution < 1.29 is 89.4 Å². The lowest BCUT2D eigenvalue weighted by atomic mass is 9.96. The quantitative estimate of drug-likeness (QED) is 0.0302. The largest absolute Gasteiger partial charge is 0.394 e. The van der Waals surface area contributed by atoms with E-state index in [0.29, 0.717) is 12.8 Å². The maximum absolute atomic E-state index is 13.3. The SMILES string of the molecule is CCCCCCC/C=C/CC/C=C/C(O)C(COC1OC(CO)C(OC2OC(CO)C(OC3OC(CO)C(O)C(O)C3O)C(O)C2O)C(O)C1O)NC(=O)CCCCCCCCCCC/C=C\CCCCCCCC. The number of unbranched alkanes of at least 4 members (excludes halogenated alkanes) is 21. The maximum atomic E-state index is 13.3. The summed E-state index contributed by atoms with van der Waals surface area (Å²) in [5, 5.41) is 120. The van der Waals surface area contributed by atoms with Crippen molar-refractivity contribution in [1.29, 1.82) is 0 Å². The minimum absolute atomic E-state index is 0.233. The molecule has 0 spiro atoms. The third kappa shape index (κ3) is 24.9. The molecule has 17 atom stereocenters. The Labute approximate surface area is 447 Å². The molecule has 17 unspecified atom stereocenters. The van der Waals surface area contributed by atoms with Crippen LogP contribution in [0.3, 0.4) is 0 Å². The van der Waals surface area contributed by atoms with Gasteiger partial charge in [0.2, 0.25) is 5.91 Å². The Balaban J connectivity index is 1.51. The topological polar surface area (TPSA) is 307 Å². The zero-order valence-electron chi connectivity index (χ0n) is 45.3. The fourth-order valence-electron chi connectivity index (χ4n) is 9.61. The van der Waals surface area contributed by atoms with Crippen molar-refractivity contribution in [3.05, 3.63) is 36.5 Å². The predicted octanol–water partition coefficient (Wildman–Crippen LogP) is 4.15. The first-order chi connectivity index (χ1) is 36.3. The Morgan fingerprint density at radius 2 is 0.853 bits per heavy atom. The van der Waals surface area contributed by atoms with Gasteiger partial charge in [-0.05, 0) is 57.8 Å². The van der Waals surface area contributed by atoms with Crippen LogP contribution in [0.2, 0.25) is 0 Å². The number of aliphatic hydroxyl groups excluding tert-OH is 11. The minimum Gasteiger partial charge on any atom is -0.394 e. The number of rotatable bonds is 41. The van der Waals surface area contributed by atoms with Crippen molar-refractivity contribution in [2.24, 2.45) is 0 Å². The molecule has 3 aliphatic rings. The highest BCUT2D eigenvalue weighted by molar-refractivity contribution is 5.76. The molecule has 3 rings (SSSR count). The van der Waals surface area contributed by atoms with Crippen LogP contribution in [0.1, 0.15) is 181 Å². The Morgan fingerprint density at radius 3 is 1.33 bits per heavy atom. The second-order valence-corrected chi connectivity index (χ2v) is 20.7. The van der Waals surface area contributed by atoms with Crippen LogP contribution in [0.4, 0.5) is 0 Å². The average molecular weight is 1080 g/mol. The lowest BCUT2D eigenvalue weighted by molar-refractivity contribution is -0.379. The lowest BCUT2D eigenvalue weighted by Gasteiger charge is -2.48. The number of carbonyl (C=O) groups is 1. The van der Waals surface area contributed by atoms with E-state index in [1.807, 2.05) is 6.08 Å². The van der Waals surface area contributed by atoms with Gasteiger partial charge in [-0.3, -0.25) is 4.79 Å². The van der Waals surface area contributed by atoms with Crippen LogP contribution in [0.5, 0.6) is 0 Å². The van der Waals surface area contributed by atoms with E-state index in [1.165, 1.54) is 96.3 Å². The van der Waals surface area contributed by atoms with E-state index in [1.54, 1.807) is 6.08 Å². The molecule has 0 bridgehead atoms. The van der Waals surface area contributed by atoms with Crippen LogP contribution in [-0.4, -0.2) is 193 Å². The summed E-state index contributed by atoms with van der Waals surface area (Å²) in [6.07, 6.45) is 14.3. The fraction of sp³-hybridized carbons (Fsp3) is 0.875. The summed E-state index contributed by atoms with van der Waals surface area (Å²) in [7, 11) is 0. The van der Waals surface area contributed by atoms with Crippen molar-refractivity contribution in [1.82, 2.24) is 5.32 Å². The molecule has 0 aromatic heterocycles. The molecule has 19 heteroatoms. The molecule has 0 aromatic carbocycles. The molecule has 3 saturated heterocycles. The van der Waals surface area contributed by atoms with Crippen LogP contribution in [0.25, 0.3) is 0 Å². The monoisotopic (exact) mass is 1080 g/mol. The third-order valence-corrected chi connectivity index (χ3v) is 14.4. The second-order valence-electron chi connectivity index (χ2n) is 20.7. The number of hydrogen-bond acceptors (Lipinski definition) is 18. The Hall–Kier alpha value is -1.99. The summed E-state index contributed by atoms with van der Waals surface area (Å²) < 4.78 is 34.1. The summed E-state index contributed by atoms with van der Waals surface area (Å²) in [6.45, 7) is 1.65. The van der Waals surface area contributed by atoms with Crippen molar-refractivity contribution >= 4 is 5.91 Å². The van der Waals surface area contributed by atoms with Gasteiger partial charge in [-0.2, -0.15) is 0 Å². The molecule has 12 N–H and O–H groups in total. The summed E-state index contributed by atoms with van der Waals surface area (Å²) >= 11 is 0. The van der Waals surface area contributed by atoms with Crippen molar-refractivity contribution in [3.63, 3.8) is 0 Å². The molecule has 438 valence electrons. The van der Waals surface area contributed by atoms with Gasteiger partial charge < -0.3 is 89.9 Å². The molecule has 0 saturated carbocycles. The van der Waals surface area contributed by atoms with Gasteiger partial charge >= 0.3 is 0 Å². The first kappa shape index (κ1) is 67.3. The van der Waals surface area contributed by atoms with Gasteiger partial charge in [0.05, 0.1) is 38.6 Å². The number of ether oxygens (including phenoxy) is 6. The van der Waals surface area contributed by atoms with Gasteiger partial charge in [0.1, 0.15) is 73.2 Å². The molecule has 0 aliphatic carbocycles. The van der Waals surface area contributed by atoms with Gasteiger partial charge in [-0.15, -0.1) is 0 Å². The first-order valence-electron chi connectivity index (χ1n) is 28.7. The number of aliphatic hydroxyl groups is 11. The summed E-state index contributed by atoms with van der Waals surface area (Å²) in [5.41, 5.74) is 0. The Morgan fingerprint density at radius 1 is 0.467 bits per heavy atom. The summed E-state index contributed by atoms with van der Waals surface area (Å²) in [4.78, 5) is 13.3. The van der Waals surface area contributed by atoms with Gasteiger partial charge in [-0.1, -0.05) is 153 Å². The van der Waals surface area contributed by atoms with Gasteiger partial charge in [0, 0.05) is 6.42 Å². The molecular weight excluding hydrogens is 975 g/mol. The average Bonchev–Trinajstić information content (AvgIpc) is 3.41. The molecule has 75 heavy (non-hydrogen) atoms. The number of allylic oxidation sites excluding steroid dienone is 5. The molecule has 1 amide bonds. The second kappa shape index (κ2) is 40.2. The van der Waals surface area contributed by atoms with E-state index in [0.717, 1.165) is 51.4 Å². The molecule has 0 aromatic rings. The Kier molecular flexibility index (Phi) is 36.1. The number of hydrogen-bond donors (Lipinski definition) is 12. The number of nitrogens with one attached hydrogen (secondary N) is 1.